The van der Waals surface area contributed by atoms with Gasteiger partial charge in [-0.05, 0) is 68.6 Å². The average Bonchev–Trinajstić information content (AvgIpc) is 3.48. The van der Waals surface area contributed by atoms with E-state index in [2.05, 4.69) is 26.8 Å². The van der Waals surface area contributed by atoms with E-state index in [1.165, 1.54) is 41.5 Å². The molecule has 0 spiro atoms. The van der Waals surface area contributed by atoms with E-state index < -0.39 is 75.9 Å². The van der Waals surface area contributed by atoms with Gasteiger partial charge in [-0.2, -0.15) is 0 Å². The molecule has 11 atom stereocenters. The summed E-state index contributed by atoms with van der Waals surface area (Å²) in [6, 6.07) is 0. The third-order valence-electron chi connectivity index (χ3n) is 13.4. The van der Waals surface area contributed by atoms with E-state index in [-0.39, 0.29) is 35.4 Å². The van der Waals surface area contributed by atoms with Gasteiger partial charge in [0.25, 0.3) is 0 Å². The Bertz CT molecular complexity index is 1440. The summed E-state index contributed by atoms with van der Waals surface area (Å²) >= 11 is 0. The van der Waals surface area contributed by atoms with Crippen molar-refractivity contribution in [3.8, 4) is 0 Å². The van der Waals surface area contributed by atoms with Crippen LogP contribution in [0.3, 0.4) is 0 Å². The number of fused-ring (bicyclic) bond motifs is 5. The zero-order chi connectivity index (χ0) is 36.7. The van der Waals surface area contributed by atoms with Gasteiger partial charge >= 0.3 is 23.9 Å². The number of hydrogen-bond acceptors (Lipinski definition) is 11. The number of hydrogen-bond donors (Lipinski definition) is 1. The normalized spacial score (nSPS) is 41.7. The summed E-state index contributed by atoms with van der Waals surface area (Å²) in [4.78, 5) is 63.8. The molecule has 1 heterocycles. The monoisotopic (exact) mass is 688 g/mol. The maximum Gasteiger partial charge on any atom is 0.305 e. The van der Waals surface area contributed by atoms with Crippen molar-refractivity contribution in [3.63, 3.8) is 0 Å². The Morgan fingerprint density at radius 3 is 2.08 bits per heavy atom. The maximum absolute atomic E-state index is 13.3. The Balaban J connectivity index is 1.62. The zero-order valence-electron chi connectivity index (χ0n) is 31.1. The van der Waals surface area contributed by atoms with Gasteiger partial charge in [0.05, 0.1) is 5.60 Å². The summed E-state index contributed by atoms with van der Waals surface area (Å²) in [5.41, 5.74) is -3.91. The maximum atomic E-state index is 13.3. The van der Waals surface area contributed by atoms with Crippen molar-refractivity contribution < 1.29 is 52.8 Å². The van der Waals surface area contributed by atoms with E-state index in [1.807, 2.05) is 13.8 Å². The highest BCUT2D eigenvalue weighted by atomic mass is 16.7. The Morgan fingerprint density at radius 1 is 0.898 bits per heavy atom. The third-order valence-corrected chi connectivity index (χ3v) is 13.4. The van der Waals surface area contributed by atoms with Gasteiger partial charge in [0.1, 0.15) is 18.0 Å². The van der Waals surface area contributed by atoms with Gasteiger partial charge in [-0.1, -0.05) is 46.3 Å². The largest absolute Gasteiger partial charge is 0.462 e. The molecule has 1 aliphatic heterocycles. The van der Waals surface area contributed by atoms with Gasteiger partial charge in [-0.25, -0.2) is 0 Å². The Kier molecular flexibility index (Phi) is 9.31. The topological polar surface area (TPSA) is 152 Å². The number of ether oxygens (including phenoxy) is 5. The van der Waals surface area contributed by atoms with E-state index in [0.717, 1.165) is 18.4 Å². The molecule has 0 amide bonds. The second kappa shape index (κ2) is 12.2. The van der Waals surface area contributed by atoms with Gasteiger partial charge in [-0.15, -0.1) is 0 Å². The highest BCUT2D eigenvalue weighted by Crippen LogP contribution is 2.74. The number of esters is 4. The number of rotatable bonds is 7. The first-order valence-electron chi connectivity index (χ1n) is 17.8. The molecule has 3 saturated carbocycles. The lowest BCUT2D eigenvalue weighted by Crippen LogP contribution is -2.66. The Labute approximate surface area is 290 Å². The first-order chi connectivity index (χ1) is 22.4. The Hall–Kier alpha value is -2.79. The average molecular weight is 689 g/mol. The van der Waals surface area contributed by atoms with Crippen LogP contribution in [0.4, 0.5) is 0 Å². The summed E-state index contributed by atoms with van der Waals surface area (Å²) < 4.78 is 30.3. The molecular formula is C38H56O11. The molecule has 0 aromatic rings. The number of carbonyl (C=O) groups excluding carboxylic acids is 5. The van der Waals surface area contributed by atoms with Crippen LogP contribution in [0, 0.1) is 39.4 Å². The molecule has 11 heteroatoms. The lowest BCUT2D eigenvalue weighted by molar-refractivity contribution is -0.245. The summed E-state index contributed by atoms with van der Waals surface area (Å²) in [5.74, 6) is -2.32. The molecule has 11 nitrogen and oxygen atoms in total. The van der Waals surface area contributed by atoms with Crippen LogP contribution in [0.1, 0.15) is 121 Å². The predicted octanol–water partition coefficient (Wildman–Crippen LogP) is 5.38. The lowest BCUT2D eigenvalue weighted by Gasteiger charge is -2.68. The van der Waals surface area contributed by atoms with E-state index in [9.17, 15) is 29.1 Å². The van der Waals surface area contributed by atoms with Gasteiger partial charge in [0.2, 0.25) is 6.29 Å². The van der Waals surface area contributed by atoms with Crippen molar-refractivity contribution in [2.45, 2.75) is 157 Å². The number of ketones is 1. The van der Waals surface area contributed by atoms with E-state index in [1.54, 1.807) is 0 Å². The zero-order valence-corrected chi connectivity index (χ0v) is 31.1. The van der Waals surface area contributed by atoms with Gasteiger partial charge in [0.15, 0.2) is 11.7 Å². The number of aliphatic hydroxyl groups is 1. The fourth-order valence-corrected chi connectivity index (χ4v) is 11.6. The van der Waals surface area contributed by atoms with Crippen molar-refractivity contribution in [1.82, 2.24) is 0 Å². The molecule has 1 saturated heterocycles. The van der Waals surface area contributed by atoms with Crippen LogP contribution >= 0.6 is 0 Å². The predicted molar refractivity (Wildman–Crippen MR) is 176 cm³/mol. The minimum Gasteiger partial charge on any atom is -0.462 e. The molecule has 4 fully saturated rings. The molecule has 1 N–H and O–H groups in total. The first-order valence-corrected chi connectivity index (χ1v) is 17.8. The smallest absolute Gasteiger partial charge is 0.305 e. The molecule has 274 valence electrons. The SMILES string of the molecule is CC(=O)OC(C1CC(OC(C)=O)(C2CC=C3C2(C)CCC2C4(C)CCC(=O)C(C)(C)C4CC(OC(C)=O)C32C)C(OC(C)=O)O1)C(C)(C)O. The molecule has 4 aliphatic carbocycles. The highest BCUT2D eigenvalue weighted by Gasteiger charge is 2.73. The number of carbonyl (C=O) groups is 5. The van der Waals surface area contributed by atoms with Crippen molar-refractivity contribution in [2.24, 2.45) is 39.4 Å². The summed E-state index contributed by atoms with van der Waals surface area (Å²) in [6.45, 7) is 18.9. The molecule has 0 radical (unpaired) electrons. The van der Waals surface area contributed by atoms with E-state index in [0.29, 0.717) is 25.7 Å². The minimum atomic E-state index is -1.54. The van der Waals surface area contributed by atoms with Crippen molar-refractivity contribution >= 4 is 29.7 Å². The molecule has 0 bridgehead atoms. The van der Waals surface area contributed by atoms with Crippen LogP contribution < -0.4 is 0 Å². The number of allylic oxidation sites excluding steroid dienone is 1. The Morgan fingerprint density at radius 2 is 1.53 bits per heavy atom. The van der Waals surface area contributed by atoms with Crippen LogP contribution in [0.5, 0.6) is 0 Å². The molecule has 0 aromatic heterocycles. The van der Waals surface area contributed by atoms with E-state index >= 15 is 0 Å². The standard InChI is InChI=1S/C38H56O11/c1-20(39)45-30-18-28-33(5,6)29(43)15-17-36(28,10)26-14-16-35(9)25(37(26,30)11)12-13-27(35)38(49-23(4)42)19-24(48-32(38)47-22(3)41)31(34(7,8)44)46-21(2)40/h12,24,26-28,30-32,44H,13-19H2,1-11H3. The van der Waals surface area contributed by atoms with E-state index in [4.69, 9.17) is 23.7 Å². The molecule has 5 aliphatic rings. The summed E-state index contributed by atoms with van der Waals surface area (Å²) in [7, 11) is 0. The van der Waals surface area contributed by atoms with Crippen molar-refractivity contribution in [1.29, 1.82) is 0 Å². The fourth-order valence-electron chi connectivity index (χ4n) is 11.6. The van der Waals surface area contributed by atoms with Crippen LogP contribution in [0.25, 0.3) is 0 Å². The fraction of sp³-hybridized carbons (Fsp3) is 0.816. The second-order valence-electron chi connectivity index (χ2n) is 17.3. The highest BCUT2D eigenvalue weighted by molar-refractivity contribution is 5.85. The van der Waals surface area contributed by atoms with Gasteiger partial charge in [-0.3, -0.25) is 24.0 Å². The number of Topliss-reactive ketones (excluding diaryl/α,β-unsaturated/α-hetero) is 1. The van der Waals surface area contributed by atoms with Crippen molar-refractivity contribution in [2.75, 3.05) is 0 Å². The molecular weight excluding hydrogens is 632 g/mol. The van der Waals surface area contributed by atoms with Gasteiger partial charge < -0.3 is 28.8 Å². The molecule has 5 rings (SSSR count). The quantitative estimate of drug-likeness (QED) is 0.208. The van der Waals surface area contributed by atoms with Crippen LogP contribution in [0.15, 0.2) is 11.6 Å². The third kappa shape index (κ3) is 5.84. The van der Waals surface area contributed by atoms with Crippen LogP contribution in [-0.4, -0.2) is 70.6 Å². The first kappa shape index (κ1) is 37.5. The minimum absolute atomic E-state index is 0.00253. The molecule has 49 heavy (non-hydrogen) atoms. The lowest BCUT2D eigenvalue weighted by atomic mass is 9.37. The van der Waals surface area contributed by atoms with Gasteiger partial charge in [0, 0.05) is 57.3 Å². The second-order valence-corrected chi connectivity index (χ2v) is 17.3. The molecule has 11 unspecified atom stereocenters. The van der Waals surface area contributed by atoms with Crippen molar-refractivity contribution in [3.05, 3.63) is 11.6 Å². The summed E-state index contributed by atoms with van der Waals surface area (Å²) in [5, 5.41) is 11.1. The van der Waals surface area contributed by atoms with Crippen LogP contribution in [-0.2, 0) is 47.7 Å². The molecule has 0 aromatic carbocycles. The summed E-state index contributed by atoms with van der Waals surface area (Å²) in [6.07, 6.45) is 1.96. The van der Waals surface area contributed by atoms with Crippen LogP contribution in [0.2, 0.25) is 0 Å².